The summed E-state index contributed by atoms with van der Waals surface area (Å²) in [6.07, 6.45) is 3.23. The normalized spacial score (nSPS) is 24.1. The lowest BCUT2D eigenvalue weighted by atomic mass is 10.2. The van der Waals surface area contributed by atoms with Crippen molar-refractivity contribution < 1.29 is 4.39 Å². The molecule has 0 amide bonds. The molecule has 0 aliphatic heterocycles. The number of fused-ring (bicyclic) bond motifs is 1. The van der Waals surface area contributed by atoms with Gasteiger partial charge >= 0.3 is 0 Å². The minimum absolute atomic E-state index is 0.103. The molecule has 88 valence electrons. The molecule has 1 aliphatic rings. The molecule has 1 heterocycles. The number of para-hydroxylation sites is 1. The molecule has 0 unspecified atom stereocenters. The van der Waals surface area contributed by atoms with Crippen LogP contribution in [0.5, 0.6) is 0 Å². The Morgan fingerprint density at radius 1 is 1.18 bits per heavy atom. The standard InChI is InChI=1S/C13H14FN3/c14-10-5-3-7-12(10)17-13-9-4-1-2-6-11(9)15-8-16-13/h1-2,4,6,8,10,12H,3,5,7H2,(H,15,16,17)/t10-,12-/m1/s1. The average Bonchev–Trinajstić information content (AvgIpc) is 2.76. The molecule has 0 spiro atoms. The van der Waals surface area contributed by atoms with E-state index in [2.05, 4.69) is 15.3 Å². The molecule has 2 atom stereocenters. The van der Waals surface area contributed by atoms with Crippen LogP contribution < -0.4 is 5.32 Å². The Balaban J connectivity index is 1.94. The summed E-state index contributed by atoms with van der Waals surface area (Å²) in [5, 5.41) is 4.16. The van der Waals surface area contributed by atoms with Gasteiger partial charge in [0.05, 0.1) is 11.6 Å². The molecular formula is C13H14FN3. The van der Waals surface area contributed by atoms with E-state index in [-0.39, 0.29) is 6.04 Å². The third-order valence-electron chi connectivity index (χ3n) is 3.30. The zero-order chi connectivity index (χ0) is 11.7. The summed E-state index contributed by atoms with van der Waals surface area (Å²) >= 11 is 0. The molecule has 1 saturated carbocycles. The summed E-state index contributed by atoms with van der Waals surface area (Å²) < 4.78 is 13.6. The van der Waals surface area contributed by atoms with Crippen molar-refractivity contribution >= 4 is 16.7 Å². The van der Waals surface area contributed by atoms with Crippen LogP contribution in [0.3, 0.4) is 0 Å². The number of nitrogens with zero attached hydrogens (tertiary/aromatic N) is 2. The second-order valence-corrected chi connectivity index (χ2v) is 4.44. The average molecular weight is 231 g/mol. The summed E-state index contributed by atoms with van der Waals surface area (Å²) in [7, 11) is 0. The van der Waals surface area contributed by atoms with Crippen molar-refractivity contribution in [3.05, 3.63) is 30.6 Å². The van der Waals surface area contributed by atoms with Gasteiger partial charge < -0.3 is 5.32 Å². The first-order valence-electron chi connectivity index (χ1n) is 5.95. The molecular weight excluding hydrogens is 217 g/mol. The van der Waals surface area contributed by atoms with Gasteiger partial charge in [0.2, 0.25) is 0 Å². The van der Waals surface area contributed by atoms with Crippen LogP contribution in [0.4, 0.5) is 10.2 Å². The zero-order valence-electron chi connectivity index (χ0n) is 9.44. The van der Waals surface area contributed by atoms with Gasteiger partial charge in [-0.1, -0.05) is 12.1 Å². The van der Waals surface area contributed by atoms with Gasteiger partial charge in [0.25, 0.3) is 0 Å². The molecule has 17 heavy (non-hydrogen) atoms. The number of benzene rings is 1. The number of hydrogen-bond acceptors (Lipinski definition) is 3. The van der Waals surface area contributed by atoms with Crippen LogP contribution in [-0.2, 0) is 0 Å². The van der Waals surface area contributed by atoms with Gasteiger partial charge in [0.15, 0.2) is 0 Å². The van der Waals surface area contributed by atoms with Crippen LogP contribution in [-0.4, -0.2) is 22.2 Å². The van der Waals surface area contributed by atoms with Crippen molar-refractivity contribution in [2.45, 2.75) is 31.5 Å². The van der Waals surface area contributed by atoms with Crippen molar-refractivity contribution in [3.63, 3.8) is 0 Å². The van der Waals surface area contributed by atoms with E-state index in [0.717, 1.165) is 29.6 Å². The quantitative estimate of drug-likeness (QED) is 0.863. The molecule has 3 nitrogen and oxygen atoms in total. The zero-order valence-corrected chi connectivity index (χ0v) is 9.44. The van der Waals surface area contributed by atoms with Gasteiger partial charge in [0.1, 0.15) is 18.3 Å². The van der Waals surface area contributed by atoms with Crippen LogP contribution >= 0.6 is 0 Å². The first-order valence-corrected chi connectivity index (χ1v) is 5.95. The Morgan fingerprint density at radius 2 is 2.06 bits per heavy atom. The summed E-state index contributed by atoms with van der Waals surface area (Å²) in [6, 6.07) is 7.67. The number of alkyl halides is 1. The van der Waals surface area contributed by atoms with Crippen molar-refractivity contribution in [3.8, 4) is 0 Å². The second-order valence-electron chi connectivity index (χ2n) is 4.44. The highest BCUT2D eigenvalue weighted by molar-refractivity contribution is 5.88. The molecule has 2 aromatic rings. The molecule has 1 N–H and O–H groups in total. The maximum atomic E-state index is 13.6. The van der Waals surface area contributed by atoms with E-state index in [4.69, 9.17) is 0 Å². The number of aromatic nitrogens is 2. The van der Waals surface area contributed by atoms with Crippen LogP contribution in [0.1, 0.15) is 19.3 Å². The fourth-order valence-electron chi connectivity index (χ4n) is 2.37. The van der Waals surface area contributed by atoms with Crippen LogP contribution in [0.2, 0.25) is 0 Å². The van der Waals surface area contributed by atoms with Gasteiger partial charge in [-0.3, -0.25) is 0 Å². The summed E-state index contributed by atoms with van der Waals surface area (Å²) in [4.78, 5) is 8.41. The number of anilines is 1. The largest absolute Gasteiger partial charge is 0.364 e. The molecule has 4 heteroatoms. The summed E-state index contributed by atoms with van der Waals surface area (Å²) in [5.41, 5.74) is 0.887. The summed E-state index contributed by atoms with van der Waals surface area (Å²) in [5.74, 6) is 0.741. The fraction of sp³-hybridized carbons (Fsp3) is 0.385. The lowest BCUT2D eigenvalue weighted by Crippen LogP contribution is -2.25. The first-order chi connectivity index (χ1) is 8.34. The number of rotatable bonds is 2. The van der Waals surface area contributed by atoms with E-state index in [9.17, 15) is 4.39 Å². The lowest BCUT2D eigenvalue weighted by Gasteiger charge is -2.16. The Morgan fingerprint density at radius 3 is 2.88 bits per heavy atom. The molecule has 1 fully saturated rings. The molecule has 1 aliphatic carbocycles. The molecule has 1 aromatic heterocycles. The smallest absolute Gasteiger partial charge is 0.137 e. The highest BCUT2D eigenvalue weighted by Gasteiger charge is 2.27. The lowest BCUT2D eigenvalue weighted by molar-refractivity contribution is 0.323. The van der Waals surface area contributed by atoms with E-state index < -0.39 is 6.17 Å². The van der Waals surface area contributed by atoms with Crippen molar-refractivity contribution in [1.29, 1.82) is 0 Å². The fourth-order valence-corrected chi connectivity index (χ4v) is 2.37. The van der Waals surface area contributed by atoms with Crippen LogP contribution in [0, 0.1) is 0 Å². The Kier molecular flexibility index (Phi) is 2.63. The molecule has 0 saturated heterocycles. The SMILES string of the molecule is F[C@@H]1CCC[C@H]1Nc1ncnc2ccccc12. The molecule has 3 rings (SSSR count). The van der Waals surface area contributed by atoms with Gasteiger partial charge in [-0.15, -0.1) is 0 Å². The molecule has 1 aromatic carbocycles. The summed E-state index contributed by atoms with van der Waals surface area (Å²) in [6.45, 7) is 0. The van der Waals surface area contributed by atoms with E-state index in [1.54, 1.807) is 0 Å². The van der Waals surface area contributed by atoms with E-state index in [1.165, 1.54) is 6.33 Å². The maximum Gasteiger partial charge on any atom is 0.137 e. The van der Waals surface area contributed by atoms with Gasteiger partial charge in [-0.05, 0) is 31.4 Å². The van der Waals surface area contributed by atoms with Gasteiger partial charge in [0, 0.05) is 5.39 Å². The van der Waals surface area contributed by atoms with Crippen LogP contribution in [0.15, 0.2) is 30.6 Å². The van der Waals surface area contributed by atoms with Crippen molar-refractivity contribution in [2.24, 2.45) is 0 Å². The topological polar surface area (TPSA) is 37.8 Å². The first kappa shape index (κ1) is 10.4. The third-order valence-corrected chi connectivity index (χ3v) is 3.30. The van der Waals surface area contributed by atoms with E-state index >= 15 is 0 Å². The molecule has 0 radical (unpaired) electrons. The predicted octanol–water partition coefficient (Wildman–Crippen LogP) is 2.93. The van der Waals surface area contributed by atoms with E-state index in [0.29, 0.717) is 6.42 Å². The minimum Gasteiger partial charge on any atom is -0.364 e. The second kappa shape index (κ2) is 4.28. The Labute approximate surface area is 99.1 Å². The highest BCUT2D eigenvalue weighted by atomic mass is 19.1. The van der Waals surface area contributed by atoms with E-state index in [1.807, 2.05) is 24.3 Å². The molecule has 0 bridgehead atoms. The van der Waals surface area contributed by atoms with Crippen LogP contribution in [0.25, 0.3) is 10.9 Å². The Hall–Kier alpha value is -1.71. The minimum atomic E-state index is -0.760. The van der Waals surface area contributed by atoms with Gasteiger partial charge in [-0.25, -0.2) is 14.4 Å². The highest BCUT2D eigenvalue weighted by Crippen LogP contribution is 2.27. The number of halogens is 1. The number of nitrogens with one attached hydrogen (secondary N) is 1. The monoisotopic (exact) mass is 231 g/mol. The number of hydrogen-bond donors (Lipinski definition) is 1. The van der Waals surface area contributed by atoms with Gasteiger partial charge in [-0.2, -0.15) is 0 Å². The van der Waals surface area contributed by atoms with Crippen molar-refractivity contribution in [1.82, 2.24) is 9.97 Å². The predicted molar refractivity (Wildman–Crippen MR) is 65.7 cm³/mol. The maximum absolute atomic E-state index is 13.6. The third kappa shape index (κ3) is 1.95. The Bertz CT molecular complexity index is 524. The van der Waals surface area contributed by atoms with Crippen molar-refractivity contribution in [2.75, 3.05) is 5.32 Å².